The van der Waals surface area contributed by atoms with E-state index in [1.165, 1.54) is 0 Å². The second-order valence-corrected chi connectivity index (χ2v) is 4.41. The van der Waals surface area contributed by atoms with Crippen molar-refractivity contribution in [3.8, 4) is 0 Å². The Bertz CT molecular complexity index is 240. The van der Waals surface area contributed by atoms with Crippen molar-refractivity contribution in [3.05, 3.63) is 0 Å². The highest BCUT2D eigenvalue weighted by Gasteiger charge is 2.06. The predicted molar refractivity (Wildman–Crippen MR) is 71.3 cm³/mol. The maximum atomic E-state index is 11.2. The summed E-state index contributed by atoms with van der Waals surface area (Å²) in [6.07, 6.45) is 5.65. The molecule has 0 aromatic rings. The summed E-state index contributed by atoms with van der Waals surface area (Å²) in [6.45, 7) is 5.00. The van der Waals surface area contributed by atoms with Crippen LogP contribution in [0.15, 0.2) is 0 Å². The molecule has 19 heavy (non-hydrogen) atoms. The van der Waals surface area contributed by atoms with E-state index in [1.54, 1.807) is 0 Å². The molecular weight excluding hydrogens is 248 g/mol. The molecule has 0 rings (SSSR count). The van der Waals surface area contributed by atoms with Gasteiger partial charge in [-0.3, -0.25) is 9.68 Å². The molecule has 0 bridgehead atoms. The minimum atomic E-state index is -0.379. The van der Waals surface area contributed by atoms with Crippen molar-refractivity contribution >= 4 is 11.9 Å². The predicted octanol–water partition coefficient (Wildman–Crippen LogP) is 3.17. The van der Waals surface area contributed by atoms with Crippen LogP contribution >= 0.6 is 0 Å². The average Bonchev–Trinajstić information content (AvgIpc) is 2.40. The molecule has 0 aliphatic carbocycles. The first-order valence-corrected chi connectivity index (χ1v) is 7.18. The van der Waals surface area contributed by atoms with E-state index >= 15 is 0 Å². The second-order valence-electron chi connectivity index (χ2n) is 4.41. The molecule has 0 heterocycles. The quantitative estimate of drug-likeness (QED) is 0.237. The summed E-state index contributed by atoms with van der Waals surface area (Å²) in [5.74, 6) is -0.573. The molecule has 0 unspecified atom stereocenters. The molecular formula is C14H26O5. The Morgan fingerprint density at radius 1 is 0.789 bits per heavy atom. The highest BCUT2D eigenvalue weighted by molar-refractivity contribution is 5.70. The summed E-state index contributed by atoms with van der Waals surface area (Å²) in [6, 6.07) is 0. The number of ether oxygens (including phenoxy) is 1. The van der Waals surface area contributed by atoms with E-state index in [9.17, 15) is 9.59 Å². The minimum absolute atomic E-state index is 0.194. The third-order valence-corrected chi connectivity index (χ3v) is 2.51. The monoisotopic (exact) mass is 274 g/mol. The number of unbranched alkanes of at least 4 members (excludes halogenated alkanes) is 3. The molecule has 112 valence electrons. The van der Waals surface area contributed by atoms with Gasteiger partial charge in [-0.15, -0.1) is 0 Å². The lowest BCUT2D eigenvalue weighted by molar-refractivity contribution is -0.272. The normalized spacial score (nSPS) is 10.2. The van der Waals surface area contributed by atoms with E-state index in [4.69, 9.17) is 9.62 Å². The van der Waals surface area contributed by atoms with Crippen LogP contribution in [0.1, 0.15) is 65.2 Å². The van der Waals surface area contributed by atoms with E-state index in [1.807, 2.05) is 13.8 Å². The van der Waals surface area contributed by atoms with E-state index in [0.717, 1.165) is 25.7 Å². The van der Waals surface area contributed by atoms with Crippen LogP contribution in [0.2, 0.25) is 0 Å². The lowest BCUT2D eigenvalue weighted by Gasteiger charge is -2.04. The zero-order valence-electron chi connectivity index (χ0n) is 12.1. The van der Waals surface area contributed by atoms with Gasteiger partial charge in [0.25, 0.3) is 0 Å². The molecule has 0 aromatic carbocycles. The zero-order valence-corrected chi connectivity index (χ0v) is 12.1. The molecule has 0 radical (unpaired) electrons. The summed E-state index contributed by atoms with van der Waals surface area (Å²) >= 11 is 0. The van der Waals surface area contributed by atoms with Crippen LogP contribution in [-0.2, 0) is 24.1 Å². The highest BCUT2D eigenvalue weighted by Crippen LogP contribution is 2.04. The van der Waals surface area contributed by atoms with E-state index < -0.39 is 0 Å². The molecule has 0 amide bonds. The number of carbonyl (C=O) groups is 2. The fourth-order valence-electron chi connectivity index (χ4n) is 1.29. The molecule has 0 fully saturated rings. The van der Waals surface area contributed by atoms with Crippen LogP contribution in [0, 0.1) is 0 Å². The molecule has 0 spiro atoms. The Hall–Kier alpha value is -1.10. The smallest absolute Gasteiger partial charge is 0.342 e. The molecule has 5 nitrogen and oxygen atoms in total. The van der Waals surface area contributed by atoms with Gasteiger partial charge in [-0.25, -0.2) is 4.79 Å². The number of hydrogen-bond donors (Lipinski definition) is 0. The third kappa shape index (κ3) is 13.1. The molecule has 0 aromatic heterocycles. The average molecular weight is 274 g/mol. The fraction of sp³-hybridized carbons (Fsp3) is 0.857. The lowest BCUT2D eigenvalue weighted by Crippen LogP contribution is -2.08. The topological polar surface area (TPSA) is 61.8 Å². The highest BCUT2D eigenvalue weighted by atomic mass is 17.2. The SMILES string of the molecule is CCCCOOC(=O)CCCCC(=O)OCCCC. The van der Waals surface area contributed by atoms with Gasteiger partial charge in [0.2, 0.25) is 0 Å². The first kappa shape index (κ1) is 17.9. The zero-order chi connectivity index (χ0) is 14.3. The second kappa shape index (κ2) is 13.3. The Morgan fingerprint density at radius 3 is 2.00 bits per heavy atom. The largest absolute Gasteiger partial charge is 0.466 e. The molecule has 0 saturated heterocycles. The van der Waals surface area contributed by atoms with Crippen LogP contribution in [0.25, 0.3) is 0 Å². The third-order valence-electron chi connectivity index (χ3n) is 2.51. The molecule has 0 aliphatic rings. The Morgan fingerprint density at radius 2 is 1.37 bits per heavy atom. The fourth-order valence-corrected chi connectivity index (χ4v) is 1.29. The molecule has 0 N–H and O–H groups in total. The van der Waals surface area contributed by atoms with Crippen LogP contribution in [-0.4, -0.2) is 25.2 Å². The number of esters is 1. The van der Waals surface area contributed by atoms with Gasteiger partial charge >= 0.3 is 11.9 Å². The molecule has 0 saturated carbocycles. The van der Waals surface area contributed by atoms with Gasteiger partial charge in [0.15, 0.2) is 0 Å². The summed E-state index contributed by atoms with van der Waals surface area (Å²) in [4.78, 5) is 31.8. The summed E-state index contributed by atoms with van der Waals surface area (Å²) in [5, 5.41) is 0. The van der Waals surface area contributed by atoms with Crippen molar-refractivity contribution in [2.24, 2.45) is 0 Å². The van der Waals surface area contributed by atoms with Crippen LogP contribution in [0.3, 0.4) is 0 Å². The number of rotatable bonds is 12. The summed E-state index contributed by atoms with van der Waals surface area (Å²) in [5.41, 5.74) is 0. The van der Waals surface area contributed by atoms with Crippen molar-refractivity contribution in [2.75, 3.05) is 13.2 Å². The molecule has 0 aliphatic heterocycles. The van der Waals surface area contributed by atoms with E-state index in [0.29, 0.717) is 32.5 Å². The lowest BCUT2D eigenvalue weighted by atomic mass is 10.2. The summed E-state index contributed by atoms with van der Waals surface area (Å²) < 4.78 is 5.00. The van der Waals surface area contributed by atoms with Gasteiger partial charge in [-0.2, -0.15) is 4.89 Å². The van der Waals surface area contributed by atoms with Crippen LogP contribution in [0.5, 0.6) is 0 Å². The maximum absolute atomic E-state index is 11.2. The Balaban J connectivity index is 3.32. The van der Waals surface area contributed by atoms with Gasteiger partial charge in [0.1, 0.15) is 0 Å². The van der Waals surface area contributed by atoms with Crippen molar-refractivity contribution in [1.82, 2.24) is 0 Å². The van der Waals surface area contributed by atoms with Crippen LogP contribution in [0.4, 0.5) is 0 Å². The van der Waals surface area contributed by atoms with Crippen LogP contribution < -0.4 is 0 Å². The van der Waals surface area contributed by atoms with Gasteiger partial charge in [0, 0.05) is 12.8 Å². The van der Waals surface area contributed by atoms with Gasteiger partial charge in [0.05, 0.1) is 13.2 Å². The Labute approximate surface area is 115 Å². The van der Waals surface area contributed by atoms with Crippen molar-refractivity contribution in [1.29, 1.82) is 0 Å². The standard InChI is InChI=1S/C14H26O5/c1-3-5-11-17-13(15)9-7-8-10-14(16)19-18-12-6-4-2/h3-12H2,1-2H3. The van der Waals surface area contributed by atoms with Crippen molar-refractivity contribution in [2.45, 2.75) is 65.2 Å². The van der Waals surface area contributed by atoms with E-state index in [-0.39, 0.29) is 18.4 Å². The number of hydrogen-bond acceptors (Lipinski definition) is 5. The Kier molecular flexibility index (Phi) is 12.6. The minimum Gasteiger partial charge on any atom is -0.466 e. The maximum Gasteiger partial charge on any atom is 0.342 e. The van der Waals surface area contributed by atoms with Crippen molar-refractivity contribution < 1.29 is 24.1 Å². The van der Waals surface area contributed by atoms with Gasteiger partial charge in [-0.05, 0) is 25.7 Å². The van der Waals surface area contributed by atoms with E-state index in [2.05, 4.69) is 4.89 Å². The summed E-state index contributed by atoms with van der Waals surface area (Å²) in [7, 11) is 0. The van der Waals surface area contributed by atoms with Gasteiger partial charge < -0.3 is 4.74 Å². The molecule has 0 atom stereocenters. The van der Waals surface area contributed by atoms with Gasteiger partial charge in [-0.1, -0.05) is 26.7 Å². The number of carbonyl (C=O) groups excluding carboxylic acids is 2. The molecule has 5 heteroatoms. The first-order valence-electron chi connectivity index (χ1n) is 7.18. The first-order chi connectivity index (χ1) is 9.20. The van der Waals surface area contributed by atoms with Crippen molar-refractivity contribution in [3.63, 3.8) is 0 Å².